The van der Waals surface area contributed by atoms with Crippen LogP contribution in [0.3, 0.4) is 0 Å². The monoisotopic (exact) mass is 349 g/mol. The molecule has 2 rings (SSSR count). The molecule has 128 valence electrons. The van der Waals surface area contributed by atoms with Gasteiger partial charge in [0.05, 0.1) is 7.11 Å². The van der Waals surface area contributed by atoms with Gasteiger partial charge in [0, 0.05) is 23.7 Å². The minimum atomic E-state index is -0.316. The summed E-state index contributed by atoms with van der Waals surface area (Å²) in [6.45, 7) is 1.05. The molecule has 0 aliphatic carbocycles. The molecule has 2 aromatic rings. The first-order valence-electron chi connectivity index (χ1n) is 7.69. The maximum Gasteiger partial charge on any atom is 0.188 e. The summed E-state index contributed by atoms with van der Waals surface area (Å²) in [6.07, 6.45) is 1.23. The normalized spacial score (nSPS) is 11.4. The van der Waals surface area contributed by atoms with Crippen LogP contribution in [-0.4, -0.2) is 26.2 Å². The fourth-order valence-electron chi connectivity index (χ4n) is 2.24. The van der Waals surface area contributed by atoms with Crippen LogP contribution in [0, 0.1) is 5.82 Å². The van der Waals surface area contributed by atoms with E-state index in [1.165, 1.54) is 11.6 Å². The van der Waals surface area contributed by atoms with Crippen LogP contribution in [-0.2, 0) is 12.8 Å². The van der Waals surface area contributed by atoms with Gasteiger partial charge in [-0.15, -0.1) is 0 Å². The Labute approximate surface area is 146 Å². The number of nitrogens with two attached hydrogens (primary N) is 1. The van der Waals surface area contributed by atoms with Gasteiger partial charge in [-0.2, -0.15) is 0 Å². The van der Waals surface area contributed by atoms with Crippen LogP contribution in [0.4, 0.5) is 4.39 Å². The molecular formula is C18H21ClFN3O. The second-order valence-electron chi connectivity index (χ2n) is 5.24. The van der Waals surface area contributed by atoms with Crippen molar-refractivity contribution in [3.8, 4) is 5.75 Å². The fraction of sp³-hybridized carbons (Fsp3) is 0.278. The van der Waals surface area contributed by atoms with Crippen LogP contribution in [0.1, 0.15) is 11.1 Å². The Morgan fingerprint density at radius 3 is 2.62 bits per heavy atom. The number of halogens is 2. The smallest absolute Gasteiger partial charge is 0.188 e. The van der Waals surface area contributed by atoms with Gasteiger partial charge in [-0.25, -0.2) is 4.39 Å². The van der Waals surface area contributed by atoms with E-state index in [1.54, 1.807) is 19.2 Å². The van der Waals surface area contributed by atoms with Crippen molar-refractivity contribution in [3.05, 3.63) is 64.4 Å². The zero-order chi connectivity index (χ0) is 17.4. The minimum Gasteiger partial charge on any atom is -0.497 e. The molecule has 0 unspecified atom stereocenters. The molecule has 0 bridgehead atoms. The number of ether oxygens (including phenoxy) is 1. The van der Waals surface area contributed by atoms with Gasteiger partial charge < -0.3 is 15.8 Å². The number of nitrogens with one attached hydrogen (secondary N) is 1. The third-order valence-electron chi connectivity index (χ3n) is 3.58. The molecule has 0 aromatic heterocycles. The number of guanidine groups is 1. The average molecular weight is 350 g/mol. The van der Waals surface area contributed by atoms with Gasteiger partial charge in [-0.1, -0.05) is 29.8 Å². The second-order valence-corrected chi connectivity index (χ2v) is 5.65. The highest BCUT2D eigenvalue weighted by Crippen LogP contribution is 2.19. The highest BCUT2D eigenvalue weighted by atomic mass is 35.5. The van der Waals surface area contributed by atoms with E-state index in [1.807, 2.05) is 24.3 Å². The lowest BCUT2D eigenvalue weighted by atomic mass is 10.1. The molecule has 0 saturated heterocycles. The zero-order valence-corrected chi connectivity index (χ0v) is 14.3. The molecule has 2 aromatic carbocycles. The summed E-state index contributed by atoms with van der Waals surface area (Å²) in [5.41, 5.74) is 7.46. The van der Waals surface area contributed by atoms with Crippen LogP contribution in [0.2, 0.25) is 5.02 Å². The van der Waals surface area contributed by atoms with Crippen LogP contribution in [0.25, 0.3) is 0 Å². The predicted molar refractivity (Wildman–Crippen MR) is 96.3 cm³/mol. The quantitative estimate of drug-likeness (QED) is 0.596. The maximum atomic E-state index is 13.6. The average Bonchev–Trinajstić information content (AvgIpc) is 2.58. The van der Waals surface area contributed by atoms with Crippen LogP contribution in [0.15, 0.2) is 47.5 Å². The highest BCUT2D eigenvalue weighted by molar-refractivity contribution is 6.31. The minimum absolute atomic E-state index is 0.316. The van der Waals surface area contributed by atoms with E-state index < -0.39 is 0 Å². The molecule has 0 heterocycles. The summed E-state index contributed by atoms with van der Waals surface area (Å²) in [4.78, 5) is 4.20. The van der Waals surface area contributed by atoms with E-state index in [9.17, 15) is 4.39 Å². The maximum absolute atomic E-state index is 13.6. The first-order chi connectivity index (χ1) is 11.6. The summed E-state index contributed by atoms with van der Waals surface area (Å²) in [5, 5.41) is 3.46. The third kappa shape index (κ3) is 5.42. The van der Waals surface area contributed by atoms with Crippen molar-refractivity contribution in [3.63, 3.8) is 0 Å². The van der Waals surface area contributed by atoms with Crippen LogP contribution >= 0.6 is 11.6 Å². The molecule has 0 fully saturated rings. The topological polar surface area (TPSA) is 59.6 Å². The lowest BCUT2D eigenvalue weighted by molar-refractivity contribution is 0.414. The number of benzene rings is 2. The molecule has 4 nitrogen and oxygen atoms in total. The van der Waals surface area contributed by atoms with E-state index in [-0.39, 0.29) is 5.82 Å². The Kier molecular flexibility index (Phi) is 6.88. The molecule has 24 heavy (non-hydrogen) atoms. The number of aliphatic imine (C=N–C) groups is 1. The summed E-state index contributed by atoms with van der Waals surface area (Å²) in [6, 6.07) is 12.5. The molecule has 6 heteroatoms. The largest absolute Gasteiger partial charge is 0.497 e. The van der Waals surface area contributed by atoms with E-state index in [0.717, 1.165) is 12.2 Å². The molecular weight excluding hydrogens is 329 g/mol. The number of rotatable bonds is 7. The van der Waals surface area contributed by atoms with Crippen molar-refractivity contribution >= 4 is 17.6 Å². The summed E-state index contributed by atoms with van der Waals surface area (Å²) in [7, 11) is 1.64. The Bertz CT molecular complexity index is 669. The first kappa shape index (κ1) is 18.1. The van der Waals surface area contributed by atoms with Gasteiger partial charge in [0.25, 0.3) is 0 Å². The van der Waals surface area contributed by atoms with Crippen LogP contribution in [0.5, 0.6) is 5.75 Å². The fourth-order valence-corrected chi connectivity index (χ4v) is 2.50. The van der Waals surface area contributed by atoms with Gasteiger partial charge in [0.15, 0.2) is 5.96 Å². The van der Waals surface area contributed by atoms with Gasteiger partial charge in [0.1, 0.15) is 11.6 Å². The number of nitrogens with zero attached hydrogens (tertiary/aromatic N) is 1. The Balaban J connectivity index is 1.75. The molecule has 0 atom stereocenters. The van der Waals surface area contributed by atoms with Crippen LogP contribution < -0.4 is 15.8 Å². The van der Waals surface area contributed by atoms with Gasteiger partial charge in [-0.3, -0.25) is 4.99 Å². The Morgan fingerprint density at radius 2 is 1.96 bits per heavy atom. The zero-order valence-electron chi connectivity index (χ0n) is 13.6. The van der Waals surface area contributed by atoms with Crippen molar-refractivity contribution in [2.45, 2.75) is 12.8 Å². The van der Waals surface area contributed by atoms with Gasteiger partial charge >= 0.3 is 0 Å². The van der Waals surface area contributed by atoms with Crippen molar-refractivity contribution in [1.82, 2.24) is 5.32 Å². The summed E-state index contributed by atoms with van der Waals surface area (Å²) < 4.78 is 18.7. The van der Waals surface area contributed by atoms with E-state index in [4.69, 9.17) is 22.1 Å². The molecule has 0 spiro atoms. The van der Waals surface area contributed by atoms with E-state index >= 15 is 0 Å². The number of hydrogen-bond acceptors (Lipinski definition) is 2. The molecule has 0 amide bonds. The lowest BCUT2D eigenvalue weighted by Crippen LogP contribution is -2.33. The molecule has 0 saturated carbocycles. The summed E-state index contributed by atoms with van der Waals surface area (Å²) in [5.74, 6) is 0.860. The number of hydrogen-bond donors (Lipinski definition) is 2. The second kappa shape index (κ2) is 9.13. The standard InChI is InChI=1S/C18H21ClFN3O/c1-24-14-7-5-13(6-8-14)9-11-22-18(21)23-12-10-15-16(19)3-2-4-17(15)20/h2-8H,9-12H2,1H3,(H3,21,22,23). The third-order valence-corrected chi connectivity index (χ3v) is 3.94. The van der Waals surface area contributed by atoms with Crippen molar-refractivity contribution < 1.29 is 9.13 Å². The Morgan fingerprint density at radius 1 is 1.21 bits per heavy atom. The SMILES string of the molecule is COc1ccc(CCNC(N)=NCCc2c(F)cccc2Cl)cc1. The van der Waals surface area contributed by atoms with Gasteiger partial charge in [-0.05, 0) is 42.7 Å². The van der Waals surface area contributed by atoms with Crippen molar-refractivity contribution in [1.29, 1.82) is 0 Å². The van der Waals surface area contributed by atoms with Crippen molar-refractivity contribution in [2.75, 3.05) is 20.2 Å². The summed E-state index contributed by atoms with van der Waals surface area (Å²) >= 11 is 5.97. The lowest BCUT2D eigenvalue weighted by Gasteiger charge is -2.07. The van der Waals surface area contributed by atoms with E-state index in [0.29, 0.717) is 36.1 Å². The Hall–Kier alpha value is -2.27. The predicted octanol–water partition coefficient (Wildman–Crippen LogP) is 3.18. The molecule has 0 aliphatic heterocycles. The molecule has 3 N–H and O–H groups in total. The van der Waals surface area contributed by atoms with E-state index in [2.05, 4.69) is 10.3 Å². The van der Waals surface area contributed by atoms with Gasteiger partial charge in [0.2, 0.25) is 0 Å². The molecule has 0 aliphatic rings. The van der Waals surface area contributed by atoms with Crippen molar-refractivity contribution in [2.24, 2.45) is 10.7 Å². The molecule has 0 radical (unpaired) electrons. The first-order valence-corrected chi connectivity index (χ1v) is 8.07. The number of methoxy groups -OCH3 is 1. The highest BCUT2D eigenvalue weighted by Gasteiger charge is 2.05.